The van der Waals surface area contributed by atoms with Crippen LogP contribution < -0.4 is 16.5 Å². The van der Waals surface area contributed by atoms with Crippen LogP contribution in [-0.2, 0) is 0 Å². The topological polar surface area (TPSA) is 4.93 Å². The minimum absolute atomic E-state index is 0.175. The summed E-state index contributed by atoms with van der Waals surface area (Å²) >= 11 is 0. The lowest BCUT2D eigenvalue weighted by Crippen LogP contribution is -2.50. The van der Waals surface area contributed by atoms with Crippen molar-refractivity contribution < 1.29 is 0 Å². The molecule has 0 unspecified atom stereocenters. The van der Waals surface area contributed by atoms with Crippen LogP contribution in [0.25, 0.3) is 50.0 Å². The van der Waals surface area contributed by atoms with Gasteiger partial charge >= 0.3 is 0 Å². The number of nitrogens with zero attached hydrogens (tertiary/aromatic N) is 1. The predicted octanol–water partition coefficient (Wildman–Crippen LogP) is 5.77. The lowest BCUT2D eigenvalue weighted by Gasteiger charge is -2.16. The van der Waals surface area contributed by atoms with Gasteiger partial charge in [0.25, 0.3) is 6.71 Å². The maximum Gasteiger partial charge on any atom is 0.266 e. The quantitative estimate of drug-likeness (QED) is 0.270. The van der Waals surface area contributed by atoms with Gasteiger partial charge in [-0.05, 0) is 45.4 Å². The molecule has 0 saturated carbocycles. The van der Waals surface area contributed by atoms with Crippen LogP contribution in [0.1, 0.15) is 0 Å². The summed E-state index contributed by atoms with van der Waals surface area (Å²) < 4.78 is 2.52. The molecular formula is C32H20BN. The summed E-state index contributed by atoms with van der Waals surface area (Å²) in [6.45, 7) is 0.175. The number of hydrogen-bond acceptors (Lipinski definition) is 0. The highest BCUT2D eigenvalue weighted by Crippen LogP contribution is 2.42. The molecule has 0 N–H and O–H groups in total. The Morgan fingerprint density at radius 2 is 0.971 bits per heavy atom. The van der Waals surface area contributed by atoms with E-state index in [1.54, 1.807) is 0 Å². The fraction of sp³-hybridized carbons (Fsp3) is 0. The largest absolute Gasteiger partial charge is 0.321 e. The molecule has 0 fully saturated rings. The highest BCUT2D eigenvalue weighted by atomic mass is 15.0. The Kier molecular flexibility index (Phi) is 3.54. The van der Waals surface area contributed by atoms with Crippen LogP contribution in [0.3, 0.4) is 0 Å². The third-order valence-electron chi connectivity index (χ3n) is 7.65. The van der Waals surface area contributed by atoms with E-state index in [1.165, 1.54) is 66.5 Å². The molecule has 0 aliphatic carbocycles. The van der Waals surface area contributed by atoms with Crippen molar-refractivity contribution in [3.05, 3.63) is 121 Å². The normalized spacial score (nSPS) is 12.6. The number of benzene rings is 5. The molecule has 34 heavy (non-hydrogen) atoms. The zero-order valence-electron chi connectivity index (χ0n) is 18.6. The fourth-order valence-electron chi connectivity index (χ4n) is 6.36. The lowest BCUT2D eigenvalue weighted by atomic mass is 9.38. The van der Waals surface area contributed by atoms with Crippen molar-refractivity contribution in [1.29, 1.82) is 0 Å². The Balaban J connectivity index is 1.67. The van der Waals surface area contributed by atoms with Crippen LogP contribution in [-0.4, -0.2) is 11.3 Å². The van der Waals surface area contributed by atoms with E-state index < -0.39 is 0 Å². The molecule has 0 radical (unpaired) electrons. The summed E-state index contributed by atoms with van der Waals surface area (Å²) in [5.74, 6) is 0. The first-order chi connectivity index (χ1) is 16.9. The molecule has 2 aliphatic rings. The fourth-order valence-corrected chi connectivity index (χ4v) is 6.36. The van der Waals surface area contributed by atoms with Gasteiger partial charge < -0.3 is 4.57 Å². The van der Waals surface area contributed by atoms with E-state index in [1.807, 2.05) is 0 Å². The Hall–Kier alpha value is -4.30. The molecule has 1 nitrogen and oxygen atoms in total. The van der Waals surface area contributed by atoms with E-state index in [0.29, 0.717) is 0 Å². The molecule has 156 valence electrons. The molecule has 8 rings (SSSR count). The number of aromatic nitrogens is 1. The molecule has 2 heteroatoms. The van der Waals surface area contributed by atoms with Crippen LogP contribution in [0.4, 0.5) is 0 Å². The first kappa shape index (κ1) is 18.2. The summed E-state index contributed by atoms with van der Waals surface area (Å²) in [4.78, 5) is 0. The zero-order valence-corrected chi connectivity index (χ0v) is 18.6. The molecule has 0 saturated heterocycles. The summed E-state index contributed by atoms with van der Waals surface area (Å²) in [6.07, 6.45) is 0. The number of fused-ring (bicyclic) bond motifs is 13. The van der Waals surface area contributed by atoms with Crippen LogP contribution in [0.15, 0.2) is 121 Å². The monoisotopic (exact) mass is 429 g/mol. The van der Waals surface area contributed by atoms with Gasteiger partial charge in [0.2, 0.25) is 0 Å². The third kappa shape index (κ3) is 2.20. The smallest absolute Gasteiger partial charge is 0.266 e. The summed E-state index contributed by atoms with van der Waals surface area (Å²) in [6, 6.07) is 44.7. The number of hydrogen-bond donors (Lipinski definition) is 0. The Morgan fingerprint density at radius 3 is 1.76 bits per heavy atom. The zero-order chi connectivity index (χ0) is 22.2. The second-order valence-electron chi connectivity index (χ2n) is 9.28. The van der Waals surface area contributed by atoms with Crippen molar-refractivity contribution in [2.24, 2.45) is 0 Å². The maximum absolute atomic E-state index is 2.52. The molecule has 2 aliphatic heterocycles. The summed E-state index contributed by atoms with van der Waals surface area (Å²) in [5, 5.41) is 1.32. The number of rotatable bonds is 0. The standard InChI is InChI=1S/C32H20BN/c1-2-12-22-21(11-1)23-13-3-4-15-25(23)31-26-16-6-9-19-29(26)34-30-20-10-8-18-28(30)33(32(31)34)27-17-7-5-14-24(22)27/h1-20H. The van der Waals surface area contributed by atoms with Gasteiger partial charge in [0, 0.05) is 22.2 Å². The Labute approximate surface area is 199 Å². The average Bonchev–Trinajstić information content (AvgIpc) is 3.42. The van der Waals surface area contributed by atoms with Gasteiger partial charge in [-0.3, -0.25) is 0 Å². The van der Waals surface area contributed by atoms with Gasteiger partial charge in [0.1, 0.15) is 0 Å². The minimum atomic E-state index is 0.175. The van der Waals surface area contributed by atoms with Gasteiger partial charge in [0.15, 0.2) is 0 Å². The predicted molar refractivity (Wildman–Crippen MR) is 144 cm³/mol. The molecule has 5 aromatic carbocycles. The van der Waals surface area contributed by atoms with Crippen molar-refractivity contribution in [2.75, 3.05) is 0 Å². The Bertz CT molecular complexity index is 1770. The van der Waals surface area contributed by atoms with Crippen LogP contribution in [0.2, 0.25) is 0 Å². The van der Waals surface area contributed by atoms with E-state index in [4.69, 9.17) is 0 Å². The van der Waals surface area contributed by atoms with Gasteiger partial charge in [-0.2, -0.15) is 0 Å². The molecular weight excluding hydrogens is 409 g/mol. The van der Waals surface area contributed by atoms with Gasteiger partial charge in [0.05, 0.1) is 5.52 Å². The van der Waals surface area contributed by atoms with E-state index in [9.17, 15) is 0 Å². The molecule has 6 aromatic rings. The van der Waals surface area contributed by atoms with Gasteiger partial charge in [-0.25, -0.2) is 0 Å². The summed E-state index contributed by atoms with van der Waals surface area (Å²) in [7, 11) is 0. The highest BCUT2D eigenvalue weighted by Gasteiger charge is 2.40. The van der Waals surface area contributed by atoms with Crippen molar-refractivity contribution >= 4 is 34.1 Å². The van der Waals surface area contributed by atoms with Gasteiger partial charge in [-0.1, -0.05) is 115 Å². The SMILES string of the molecule is c1ccc2c(c1)B1c3ccccc3-n3c1c(c1ccccc13)-c1ccccc1-c1ccccc1-2. The van der Waals surface area contributed by atoms with E-state index in [2.05, 4.69) is 126 Å². The number of para-hydroxylation sites is 2. The minimum Gasteiger partial charge on any atom is -0.321 e. The second-order valence-corrected chi connectivity index (χ2v) is 9.28. The van der Waals surface area contributed by atoms with Crippen LogP contribution in [0.5, 0.6) is 0 Å². The maximum atomic E-state index is 2.52. The van der Waals surface area contributed by atoms with Gasteiger partial charge in [-0.15, -0.1) is 0 Å². The highest BCUT2D eigenvalue weighted by molar-refractivity contribution is 6.99. The molecule has 0 atom stereocenters. The van der Waals surface area contributed by atoms with E-state index >= 15 is 0 Å². The Morgan fingerprint density at radius 1 is 0.441 bits per heavy atom. The molecule has 0 amide bonds. The third-order valence-corrected chi connectivity index (χ3v) is 7.65. The molecule has 1 aromatic heterocycles. The lowest BCUT2D eigenvalue weighted by molar-refractivity contribution is 1.20. The van der Waals surface area contributed by atoms with Crippen LogP contribution >= 0.6 is 0 Å². The van der Waals surface area contributed by atoms with Crippen molar-refractivity contribution in [1.82, 2.24) is 4.57 Å². The van der Waals surface area contributed by atoms with E-state index in [0.717, 1.165) is 0 Å². The molecule has 3 heterocycles. The molecule has 0 spiro atoms. The van der Waals surface area contributed by atoms with Crippen molar-refractivity contribution in [2.45, 2.75) is 0 Å². The average molecular weight is 429 g/mol. The van der Waals surface area contributed by atoms with E-state index in [-0.39, 0.29) is 6.71 Å². The first-order valence-electron chi connectivity index (χ1n) is 11.9. The summed E-state index contributed by atoms with van der Waals surface area (Å²) in [5.41, 5.74) is 14.6. The second kappa shape index (κ2) is 6.62. The molecule has 0 bridgehead atoms. The van der Waals surface area contributed by atoms with Crippen LogP contribution in [0, 0.1) is 0 Å². The van der Waals surface area contributed by atoms with Crippen molar-refractivity contribution in [3.8, 4) is 39.1 Å². The van der Waals surface area contributed by atoms with Crippen molar-refractivity contribution in [3.63, 3.8) is 0 Å². The first-order valence-corrected chi connectivity index (χ1v) is 11.9.